The number of esters is 1. The van der Waals surface area contributed by atoms with Crippen molar-refractivity contribution < 1.29 is 31.1 Å². The summed E-state index contributed by atoms with van der Waals surface area (Å²) in [6.07, 6.45) is -4.25. The van der Waals surface area contributed by atoms with Crippen LogP contribution in [0, 0.1) is 5.92 Å². The van der Waals surface area contributed by atoms with Gasteiger partial charge in [0.15, 0.2) is 0 Å². The molecule has 0 unspecified atom stereocenters. The summed E-state index contributed by atoms with van der Waals surface area (Å²) in [6, 6.07) is 7.66. The van der Waals surface area contributed by atoms with Gasteiger partial charge < -0.3 is 4.74 Å². The number of sulfonamides is 1. The first-order valence-corrected chi connectivity index (χ1v) is 10.4. The Morgan fingerprint density at radius 1 is 1.11 bits per heavy atom. The highest BCUT2D eigenvalue weighted by molar-refractivity contribution is 7.91. The SMILES string of the molecule is O=C(Oc1ccccc1C(F)(F)F)C1CCN(S(=O)(=O)c2cccs2)CC1. The topological polar surface area (TPSA) is 63.7 Å². The van der Waals surface area contributed by atoms with E-state index in [1.165, 1.54) is 22.5 Å². The summed E-state index contributed by atoms with van der Waals surface area (Å²) < 4.78 is 70.4. The molecule has 1 aromatic carbocycles. The smallest absolute Gasteiger partial charge is 0.419 e. The summed E-state index contributed by atoms with van der Waals surface area (Å²) in [6.45, 7) is 0.224. The van der Waals surface area contributed by atoms with Crippen molar-refractivity contribution in [2.75, 3.05) is 13.1 Å². The zero-order valence-corrected chi connectivity index (χ0v) is 15.6. The molecule has 0 saturated carbocycles. The van der Waals surface area contributed by atoms with Gasteiger partial charge in [-0.1, -0.05) is 18.2 Å². The molecule has 0 atom stereocenters. The molecule has 1 aromatic heterocycles. The lowest BCUT2D eigenvalue weighted by molar-refractivity contribution is -0.145. The van der Waals surface area contributed by atoms with E-state index in [4.69, 9.17) is 4.74 Å². The lowest BCUT2D eigenvalue weighted by Crippen LogP contribution is -2.40. The molecule has 0 aliphatic carbocycles. The minimum Gasteiger partial charge on any atom is -0.426 e. The number of piperidine rings is 1. The second kappa shape index (κ2) is 7.61. The van der Waals surface area contributed by atoms with Crippen molar-refractivity contribution in [2.45, 2.75) is 23.2 Å². The number of hydrogen-bond donors (Lipinski definition) is 0. The number of rotatable bonds is 4. The van der Waals surface area contributed by atoms with E-state index in [0.29, 0.717) is 0 Å². The zero-order chi connectivity index (χ0) is 19.7. The van der Waals surface area contributed by atoms with E-state index in [0.717, 1.165) is 23.5 Å². The molecular weight excluding hydrogens is 403 g/mol. The number of nitrogens with zero attached hydrogens (tertiary/aromatic N) is 1. The molecule has 2 heterocycles. The number of alkyl halides is 3. The molecule has 3 rings (SSSR count). The summed E-state index contributed by atoms with van der Waals surface area (Å²) >= 11 is 1.11. The van der Waals surface area contributed by atoms with Crippen LogP contribution in [-0.2, 0) is 21.0 Å². The highest BCUT2D eigenvalue weighted by atomic mass is 32.2. The van der Waals surface area contributed by atoms with Gasteiger partial charge in [0, 0.05) is 13.1 Å². The number of halogens is 3. The maximum atomic E-state index is 13.0. The summed E-state index contributed by atoms with van der Waals surface area (Å²) in [4.78, 5) is 12.3. The fourth-order valence-electron chi connectivity index (χ4n) is 2.85. The molecule has 0 bridgehead atoms. The average Bonchev–Trinajstić information content (AvgIpc) is 3.17. The Morgan fingerprint density at radius 3 is 2.37 bits per heavy atom. The zero-order valence-electron chi connectivity index (χ0n) is 14.0. The molecule has 146 valence electrons. The predicted octanol–water partition coefficient (Wildman–Crippen LogP) is 3.77. The molecule has 1 saturated heterocycles. The van der Waals surface area contributed by atoms with Crippen molar-refractivity contribution in [3.05, 3.63) is 47.3 Å². The molecule has 5 nitrogen and oxygen atoms in total. The van der Waals surface area contributed by atoms with Crippen molar-refractivity contribution >= 4 is 27.3 Å². The number of benzene rings is 1. The number of hydrogen-bond acceptors (Lipinski definition) is 5. The van der Waals surface area contributed by atoms with E-state index in [2.05, 4.69) is 0 Å². The van der Waals surface area contributed by atoms with Crippen LogP contribution in [0.4, 0.5) is 13.2 Å². The van der Waals surface area contributed by atoms with Crippen molar-refractivity contribution in [1.29, 1.82) is 0 Å². The minimum atomic E-state index is -4.63. The molecule has 10 heteroatoms. The van der Waals surface area contributed by atoms with Crippen LogP contribution in [0.2, 0.25) is 0 Å². The molecule has 0 radical (unpaired) electrons. The molecular formula is C17H16F3NO4S2. The van der Waals surface area contributed by atoms with Crippen molar-refractivity contribution in [3.63, 3.8) is 0 Å². The second-order valence-electron chi connectivity index (χ2n) is 6.03. The molecule has 0 N–H and O–H groups in total. The molecule has 0 spiro atoms. The van der Waals surface area contributed by atoms with E-state index < -0.39 is 39.4 Å². The Bertz CT molecular complexity index is 903. The van der Waals surface area contributed by atoms with E-state index >= 15 is 0 Å². The Morgan fingerprint density at radius 2 is 1.78 bits per heavy atom. The third-order valence-corrected chi connectivity index (χ3v) is 7.55. The van der Waals surface area contributed by atoms with Crippen LogP contribution >= 0.6 is 11.3 Å². The molecule has 2 aromatic rings. The van der Waals surface area contributed by atoms with Crippen LogP contribution in [0.5, 0.6) is 5.75 Å². The van der Waals surface area contributed by atoms with Gasteiger partial charge in [0.25, 0.3) is 10.0 Å². The maximum absolute atomic E-state index is 13.0. The van der Waals surface area contributed by atoms with Gasteiger partial charge in [-0.3, -0.25) is 4.79 Å². The lowest BCUT2D eigenvalue weighted by Gasteiger charge is -2.29. The largest absolute Gasteiger partial charge is 0.426 e. The van der Waals surface area contributed by atoms with Crippen LogP contribution in [0.1, 0.15) is 18.4 Å². The van der Waals surface area contributed by atoms with Crippen molar-refractivity contribution in [2.24, 2.45) is 5.92 Å². The number of thiophene rings is 1. The van der Waals surface area contributed by atoms with Crippen molar-refractivity contribution in [3.8, 4) is 5.75 Å². The van der Waals surface area contributed by atoms with Crippen molar-refractivity contribution in [1.82, 2.24) is 4.31 Å². The standard InChI is InChI=1S/C17H16F3NO4S2/c18-17(19,20)13-4-1-2-5-14(13)25-16(22)12-7-9-21(10-8-12)27(23,24)15-6-3-11-26-15/h1-6,11-12H,7-10H2. The molecule has 1 fully saturated rings. The quantitative estimate of drug-likeness (QED) is 0.559. The number of carbonyl (C=O) groups is 1. The van der Waals surface area contributed by atoms with Crippen LogP contribution in [0.3, 0.4) is 0 Å². The number of para-hydroxylation sites is 1. The third kappa shape index (κ3) is 4.33. The van der Waals surface area contributed by atoms with Gasteiger partial charge in [-0.05, 0) is 36.4 Å². The Kier molecular flexibility index (Phi) is 5.59. The van der Waals surface area contributed by atoms with Crippen LogP contribution < -0.4 is 4.74 Å². The van der Waals surface area contributed by atoms with Crippen LogP contribution in [0.25, 0.3) is 0 Å². The first-order chi connectivity index (χ1) is 12.7. The molecule has 1 aliphatic heterocycles. The number of ether oxygens (including phenoxy) is 1. The van der Waals surface area contributed by atoms with Gasteiger partial charge in [-0.2, -0.15) is 17.5 Å². The fraction of sp³-hybridized carbons (Fsp3) is 0.353. The number of carbonyl (C=O) groups excluding carboxylic acids is 1. The highest BCUT2D eigenvalue weighted by Crippen LogP contribution is 2.36. The van der Waals surface area contributed by atoms with E-state index in [1.807, 2.05) is 0 Å². The summed E-state index contributed by atoms with van der Waals surface area (Å²) in [7, 11) is -3.60. The van der Waals surface area contributed by atoms with Gasteiger partial charge in [-0.15, -0.1) is 11.3 Å². The summed E-state index contributed by atoms with van der Waals surface area (Å²) in [5.41, 5.74) is -1.02. The molecule has 27 heavy (non-hydrogen) atoms. The van der Waals surface area contributed by atoms with Gasteiger partial charge in [-0.25, -0.2) is 8.42 Å². The first kappa shape index (κ1) is 19.8. The molecule has 0 amide bonds. The van der Waals surface area contributed by atoms with Gasteiger partial charge >= 0.3 is 12.1 Å². The Hall–Kier alpha value is -1.91. The van der Waals surface area contributed by atoms with E-state index in [9.17, 15) is 26.4 Å². The van der Waals surface area contributed by atoms with E-state index in [1.54, 1.807) is 11.4 Å². The highest BCUT2D eigenvalue weighted by Gasteiger charge is 2.37. The second-order valence-corrected chi connectivity index (χ2v) is 9.14. The monoisotopic (exact) mass is 419 g/mol. The van der Waals surface area contributed by atoms with Gasteiger partial charge in [0.2, 0.25) is 0 Å². The predicted molar refractivity (Wildman–Crippen MR) is 92.9 cm³/mol. The first-order valence-electron chi connectivity index (χ1n) is 8.11. The third-order valence-electron chi connectivity index (χ3n) is 4.28. The lowest BCUT2D eigenvalue weighted by atomic mass is 9.98. The summed E-state index contributed by atoms with van der Waals surface area (Å²) in [5.74, 6) is -1.97. The summed E-state index contributed by atoms with van der Waals surface area (Å²) in [5, 5.41) is 1.66. The molecule has 1 aliphatic rings. The fourth-order valence-corrected chi connectivity index (χ4v) is 5.47. The average molecular weight is 419 g/mol. The normalized spacial score (nSPS) is 17.0. The van der Waals surface area contributed by atoms with Gasteiger partial charge in [0.05, 0.1) is 11.5 Å². The Labute approximate surface area is 158 Å². The van der Waals surface area contributed by atoms with Gasteiger partial charge in [0.1, 0.15) is 9.96 Å². The van der Waals surface area contributed by atoms with Crippen LogP contribution in [-0.4, -0.2) is 31.8 Å². The Balaban J connectivity index is 1.65. The maximum Gasteiger partial charge on any atom is 0.419 e. The van der Waals surface area contributed by atoms with E-state index in [-0.39, 0.29) is 30.1 Å². The van der Waals surface area contributed by atoms with Crippen LogP contribution in [0.15, 0.2) is 46.0 Å². The minimum absolute atomic E-state index is 0.112.